The van der Waals surface area contributed by atoms with Crippen LogP contribution in [-0.4, -0.2) is 16.0 Å². The zero-order valence-electron chi connectivity index (χ0n) is 12.4. The average molecular weight is 336 g/mol. The van der Waals surface area contributed by atoms with Gasteiger partial charge >= 0.3 is 0 Å². The van der Waals surface area contributed by atoms with E-state index in [1.54, 1.807) is 48.0 Å². The van der Waals surface area contributed by atoms with Crippen molar-refractivity contribution in [3.63, 3.8) is 0 Å². The summed E-state index contributed by atoms with van der Waals surface area (Å²) in [5.41, 5.74) is 0.436. The van der Waals surface area contributed by atoms with Gasteiger partial charge in [0.2, 0.25) is 0 Å². The lowest BCUT2D eigenvalue weighted by Crippen LogP contribution is -2.14. The molecule has 24 heavy (non-hydrogen) atoms. The van der Waals surface area contributed by atoms with E-state index < -0.39 is 5.91 Å². The van der Waals surface area contributed by atoms with Gasteiger partial charge in [-0.25, -0.2) is 4.98 Å². The van der Waals surface area contributed by atoms with Crippen molar-refractivity contribution in [1.82, 2.24) is 4.98 Å². The second-order valence-corrected chi connectivity index (χ2v) is 5.68. The Bertz CT molecular complexity index is 958. The standard InChI is InChI=1S/C17H12N4O2S/c18-9-11(10-20-17-19-7-8-24-17)16(23)21-14-5-1-4-13-12(14)3-2-6-15(13)22/h1-8,10,22H,(H,19,20)(H,21,23)/b11-10-. The number of aromatic hydroxyl groups is 1. The van der Waals surface area contributed by atoms with Crippen LogP contribution < -0.4 is 10.6 Å². The Morgan fingerprint density at radius 3 is 2.79 bits per heavy atom. The van der Waals surface area contributed by atoms with Gasteiger partial charge in [0, 0.05) is 34.2 Å². The van der Waals surface area contributed by atoms with Crippen molar-refractivity contribution in [2.24, 2.45) is 0 Å². The Morgan fingerprint density at radius 1 is 1.25 bits per heavy atom. The summed E-state index contributed by atoms with van der Waals surface area (Å²) in [6, 6.07) is 12.1. The number of hydrogen-bond donors (Lipinski definition) is 3. The van der Waals surface area contributed by atoms with Crippen LogP contribution in [0.15, 0.2) is 59.7 Å². The molecule has 0 bridgehead atoms. The minimum atomic E-state index is -0.544. The molecule has 3 aromatic rings. The number of phenols is 1. The van der Waals surface area contributed by atoms with Gasteiger partial charge in [-0.3, -0.25) is 4.79 Å². The lowest BCUT2D eigenvalue weighted by atomic mass is 10.1. The number of carbonyl (C=O) groups excluding carboxylic acids is 1. The van der Waals surface area contributed by atoms with E-state index in [0.29, 0.717) is 21.6 Å². The fraction of sp³-hybridized carbons (Fsp3) is 0. The van der Waals surface area contributed by atoms with E-state index in [-0.39, 0.29) is 11.3 Å². The zero-order valence-corrected chi connectivity index (χ0v) is 13.2. The molecule has 0 unspecified atom stereocenters. The van der Waals surface area contributed by atoms with Crippen molar-refractivity contribution in [3.8, 4) is 11.8 Å². The van der Waals surface area contributed by atoms with Crippen molar-refractivity contribution < 1.29 is 9.90 Å². The number of hydrogen-bond acceptors (Lipinski definition) is 6. The number of rotatable bonds is 4. The molecular weight excluding hydrogens is 324 g/mol. The molecule has 2 aromatic carbocycles. The number of nitrogens with zero attached hydrogens (tertiary/aromatic N) is 2. The Labute approximate surface area is 141 Å². The van der Waals surface area contributed by atoms with Gasteiger partial charge in [0.15, 0.2) is 5.13 Å². The topological polar surface area (TPSA) is 98.0 Å². The zero-order chi connectivity index (χ0) is 16.9. The molecule has 0 aliphatic heterocycles. The summed E-state index contributed by atoms with van der Waals surface area (Å²) in [5.74, 6) is -0.414. The smallest absolute Gasteiger partial charge is 0.267 e. The Morgan fingerprint density at radius 2 is 2.04 bits per heavy atom. The van der Waals surface area contributed by atoms with Gasteiger partial charge in [0.25, 0.3) is 5.91 Å². The molecule has 3 N–H and O–H groups in total. The molecule has 1 heterocycles. The summed E-state index contributed by atoms with van der Waals surface area (Å²) in [6.45, 7) is 0. The lowest BCUT2D eigenvalue weighted by molar-refractivity contribution is -0.112. The van der Waals surface area contributed by atoms with Gasteiger partial charge in [0.05, 0.1) is 0 Å². The molecule has 0 spiro atoms. The monoisotopic (exact) mass is 336 g/mol. The molecule has 0 atom stereocenters. The first-order valence-electron chi connectivity index (χ1n) is 6.97. The number of amides is 1. The number of carbonyl (C=O) groups is 1. The maximum atomic E-state index is 12.3. The number of anilines is 2. The van der Waals surface area contributed by atoms with E-state index in [9.17, 15) is 15.2 Å². The molecule has 118 valence electrons. The number of fused-ring (bicyclic) bond motifs is 1. The molecule has 6 nitrogen and oxygen atoms in total. The quantitative estimate of drug-likeness (QED) is 0.501. The number of phenolic OH excluding ortho intramolecular Hbond substituents is 1. The van der Waals surface area contributed by atoms with E-state index >= 15 is 0 Å². The number of nitriles is 1. The van der Waals surface area contributed by atoms with Gasteiger partial charge in [-0.2, -0.15) is 5.26 Å². The normalized spacial score (nSPS) is 11.0. The Kier molecular flexibility index (Phi) is 4.40. The Balaban J connectivity index is 1.85. The summed E-state index contributed by atoms with van der Waals surface area (Å²) in [6.07, 6.45) is 2.94. The van der Waals surface area contributed by atoms with Gasteiger partial charge in [-0.05, 0) is 12.1 Å². The first kappa shape index (κ1) is 15.5. The van der Waals surface area contributed by atoms with Gasteiger partial charge in [-0.15, -0.1) is 11.3 Å². The van der Waals surface area contributed by atoms with Crippen LogP contribution in [0.2, 0.25) is 0 Å². The molecule has 0 radical (unpaired) electrons. The van der Waals surface area contributed by atoms with E-state index in [0.717, 1.165) is 0 Å². The molecule has 0 aliphatic carbocycles. The number of nitrogens with one attached hydrogen (secondary N) is 2. The van der Waals surface area contributed by atoms with E-state index in [4.69, 9.17) is 0 Å². The van der Waals surface area contributed by atoms with Crippen LogP contribution in [0.4, 0.5) is 10.8 Å². The maximum Gasteiger partial charge on any atom is 0.267 e. The molecule has 1 amide bonds. The van der Waals surface area contributed by atoms with Crippen molar-refractivity contribution in [1.29, 1.82) is 5.26 Å². The summed E-state index contributed by atoms with van der Waals surface area (Å²) >= 11 is 1.36. The summed E-state index contributed by atoms with van der Waals surface area (Å²) in [7, 11) is 0. The maximum absolute atomic E-state index is 12.3. The van der Waals surface area contributed by atoms with Crippen molar-refractivity contribution in [3.05, 3.63) is 59.7 Å². The largest absolute Gasteiger partial charge is 0.507 e. The summed E-state index contributed by atoms with van der Waals surface area (Å²) in [5, 5.41) is 28.3. The molecule has 0 saturated heterocycles. The highest BCUT2D eigenvalue weighted by molar-refractivity contribution is 7.13. The minimum Gasteiger partial charge on any atom is -0.507 e. The van der Waals surface area contributed by atoms with Crippen LogP contribution in [0.5, 0.6) is 5.75 Å². The van der Waals surface area contributed by atoms with Gasteiger partial charge in [0.1, 0.15) is 17.4 Å². The fourth-order valence-corrected chi connectivity index (χ4v) is 2.67. The highest BCUT2D eigenvalue weighted by Crippen LogP contribution is 2.29. The molecule has 0 fully saturated rings. The lowest BCUT2D eigenvalue weighted by Gasteiger charge is -2.09. The molecule has 3 rings (SSSR count). The van der Waals surface area contributed by atoms with Gasteiger partial charge < -0.3 is 15.7 Å². The predicted octanol–water partition coefficient (Wildman–Crippen LogP) is 3.46. The molecule has 1 aromatic heterocycles. The Hall–Kier alpha value is -3.37. The van der Waals surface area contributed by atoms with Gasteiger partial charge in [-0.1, -0.05) is 24.3 Å². The number of thiazole rings is 1. The van der Waals surface area contributed by atoms with Crippen LogP contribution in [0.1, 0.15) is 0 Å². The average Bonchev–Trinajstić information content (AvgIpc) is 3.10. The van der Waals surface area contributed by atoms with Crippen molar-refractivity contribution >= 4 is 38.8 Å². The van der Waals surface area contributed by atoms with Crippen LogP contribution >= 0.6 is 11.3 Å². The highest BCUT2D eigenvalue weighted by atomic mass is 32.1. The highest BCUT2D eigenvalue weighted by Gasteiger charge is 2.12. The van der Waals surface area contributed by atoms with Crippen LogP contribution in [-0.2, 0) is 4.79 Å². The summed E-state index contributed by atoms with van der Waals surface area (Å²) < 4.78 is 0. The van der Waals surface area contributed by atoms with E-state index in [1.807, 2.05) is 6.07 Å². The van der Waals surface area contributed by atoms with Crippen LogP contribution in [0, 0.1) is 11.3 Å². The first-order valence-corrected chi connectivity index (χ1v) is 7.85. The third kappa shape index (κ3) is 3.19. The molecule has 7 heteroatoms. The first-order chi connectivity index (χ1) is 11.7. The SMILES string of the molecule is N#C/C(=C/Nc1nccs1)C(=O)Nc1cccc2c(O)cccc12. The van der Waals surface area contributed by atoms with Crippen LogP contribution in [0.3, 0.4) is 0 Å². The third-order valence-corrected chi connectivity index (χ3v) is 3.99. The van der Waals surface area contributed by atoms with Crippen molar-refractivity contribution in [2.75, 3.05) is 10.6 Å². The number of benzene rings is 2. The predicted molar refractivity (Wildman–Crippen MR) is 93.7 cm³/mol. The molecule has 0 aliphatic rings. The summed E-state index contributed by atoms with van der Waals surface area (Å²) in [4.78, 5) is 16.3. The second-order valence-electron chi connectivity index (χ2n) is 4.78. The fourth-order valence-electron chi connectivity index (χ4n) is 2.17. The van der Waals surface area contributed by atoms with Crippen molar-refractivity contribution in [2.45, 2.75) is 0 Å². The van der Waals surface area contributed by atoms with E-state index in [2.05, 4.69) is 15.6 Å². The van der Waals surface area contributed by atoms with Crippen LogP contribution in [0.25, 0.3) is 10.8 Å². The second kappa shape index (κ2) is 6.81. The van der Waals surface area contributed by atoms with E-state index in [1.165, 1.54) is 17.5 Å². The number of aromatic nitrogens is 1. The molecule has 0 saturated carbocycles. The third-order valence-electron chi connectivity index (χ3n) is 3.28. The minimum absolute atomic E-state index is 0.0812. The molecular formula is C17H12N4O2S.